The topological polar surface area (TPSA) is 46.2 Å². The Kier molecular flexibility index (Phi) is 3.13. The second kappa shape index (κ2) is 4.43. The third kappa shape index (κ3) is 2.62. The van der Waals surface area contributed by atoms with Gasteiger partial charge >= 0.3 is 0 Å². The average molecular weight is 235 g/mol. The highest BCUT2D eigenvalue weighted by molar-refractivity contribution is 5.66. The largest absolute Gasteiger partial charge is 0.481 e. The molecule has 0 bridgehead atoms. The molecule has 0 radical (unpaired) electrons. The van der Waals surface area contributed by atoms with Gasteiger partial charge in [0.05, 0.1) is 12.8 Å². The van der Waals surface area contributed by atoms with E-state index in [1.54, 1.807) is 7.11 Å². The lowest BCUT2D eigenvalue weighted by molar-refractivity contribution is 0.331. The van der Waals surface area contributed by atoms with Crippen molar-refractivity contribution in [2.24, 2.45) is 5.41 Å². The minimum absolute atomic E-state index is 0.216. The van der Waals surface area contributed by atoms with Crippen molar-refractivity contribution in [3.05, 3.63) is 12.1 Å². The maximum Gasteiger partial charge on any atom is 0.215 e. The number of nitrogens with zero attached hydrogens (tertiary/aromatic N) is 1. The van der Waals surface area contributed by atoms with Crippen molar-refractivity contribution >= 4 is 11.5 Å². The van der Waals surface area contributed by atoms with Crippen LogP contribution < -0.4 is 15.4 Å². The SMILES string of the molecule is COc1ccc2c(n1)NC(C(C)(C)C)CCN2. The van der Waals surface area contributed by atoms with Gasteiger partial charge in [0.25, 0.3) is 0 Å². The molecule has 94 valence electrons. The molecule has 0 saturated heterocycles. The monoisotopic (exact) mass is 235 g/mol. The van der Waals surface area contributed by atoms with Crippen molar-refractivity contribution in [1.29, 1.82) is 0 Å². The zero-order chi connectivity index (χ0) is 12.5. The Labute approximate surface area is 103 Å². The number of nitrogens with one attached hydrogen (secondary N) is 2. The van der Waals surface area contributed by atoms with Gasteiger partial charge in [0, 0.05) is 18.7 Å². The molecule has 0 fully saturated rings. The summed E-state index contributed by atoms with van der Waals surface area (Å²) in [7, 11) is 1.64. The average Bonchev–Trinajstić information content (AvgIpc) is 2.49. The van der Waals surface area contributed by atoms with E-state index >= 15 is 0 Å². The quantitative estimate of drug-likeness (QED) is 0.785. The highest BCUT2D eigenvalue weighted by Gasteiger charge is 2.27. The zero-order valence-electron chi connectivity index (χ0n) is 11.0. The first-order valence-electron chi connectivity index (χ1n) is 6.06. The summed E-state index contributed by atoms with van der Waals surface area (Å²) in [4.78, 5) is 4.46. The first kappa shape index (κ1) is 12.0. The molecule has 17 heavy (non-hydrogen) atoms. The summed E-state index contributed by atoms with van der Waals surface area (Å²) < 4.78 is 5.16. The van der Waals surface area contributed by atoms with Crippen molar-refractivity contribution < 1.29 is 4.74 Å². The standard InChI is InChI=1S/C13H21N3O/c1-13(2,3)10-7-8-14-9-5-6-11(17-4)16-12(9)15-10/h5-6,10,14H,7-8H2,1-4H3,(H,15,16). The van der Waals surface area contributed by atoms with Crippen LogP contribution in [-0.4, -0.2) is 24.7 Å². The van der Waals surface area contributed by atoms with Crippen LogP contribution in [0.15, 0.2) is 12.1 Å². The minimum Gasteiger partial charge on any atom is -0.481 e. The molecule has 1 aliphatic heterocycles. The molecule has 1 aromatic heterocycles. The van der Waals surface area contributed by atoms with Crippen LogP contribution in [0.4, 0.5) is 11.5 Å². The number of rotatable bonds is 1. The molecule has 0 saturated carbocycles. The van der Waals surface area contributed by atoms with Gasteiger partial charge in [-0.2, -0.15) is 4.98 Å². The van der Waals surface area contributed by atoms with Gasteiger partial charge in [0.15, 0.2) is 5.82 Å². The number of aromatic nitrogens is 1. The Bertz CT molecular complexity index is 398. The van der Waals surface area contributed by atoms with Crippen molar-refractivity contribution in [1.82, 2.24) is 4.98 Å². The number of ether oxygens (including phenoxy) is 1. The first-order valence-corrected chi connectivity index (χ1v) is 6.06. The van der Waals surface area contributed by atoms with Crippen molar-refractivity contribution in [2.45, 2.75) is 33.2 Å². The van der Waals surface area contributed by atoms with Crippen LogP contribution in [-0.2, 0) is 0 Å². The van der Waals surface area contributed by atoms with E-state index < -0.39 is 0 Å². The normalized spacial score (nSPS) is 19.6. The molecule has 4 heteroatoms. The summed E-state index contributed by atoms with van der Waals surface area (Å²) >= 11 is 0. The summed E-state index contributed by atoms with van der Waals surface area (Å²) in [5.41, 5.74) is 1.27. The van der Waals surface area contributed by atoms with Crippen LogP contribution in [0, 0.1) is 5.41 Å². The molecule has 2 heterocycles. The van der Waals surface area contributed by atoms with E-state index in [0.29, 0.717) is 11.9 Å². The second-order valence-electron chi connectivity index (χ2n) is 5.53. The van der Waals surface area contributed by atoms with Crippen LogP contribution in [0.2, 0.25) is 0 Å². The van der Waals surface area contributed by atoms with E-state index in [-0.39, 0.29) is 5.41 Å². The molecule has 1 unspecified atom stereocenters. The number of hydrogen-bond donors (Lipinski definition) is 2. The van der Waals surface area contributed by atoms with Crippen LogP contribution in [0.3, 0.4) is 0 Å². The van der Waals surface area contributed by atoms with Gasteiger partial charge in [-0.05, 0) is 17.9 Å². The molecular formula is C13H21N3O. The summed E-state index contributed by atoms with van der Waals surface area (Å²) in [6.45, 7) is 7.71. The predicted octanol–water partition coefficient (Wildman–Crippen LogP) is 2.73. The molecule has 2 rings (SSSR count). The van der Waals surface area contributed by atoms with E-state index in [1.807, 2.05) is 12.1 Å². The number of fused-ring (bicyclic) bond motifs is 1. The lowest BCUT2D eigenvalue weighted by Gasteiger charge is -2.30. The van der Waals surface area contributed by atoms with Gasteiger partial charge in [-0.1, -0.05) is 20.8 Å². The fraction of sp³-hybridized carbons (Fsp3) is 0.615. The summed E-state index contributed by atoms with van der Waals surface area (Å²) in [5.74, 6) is 1.54. The second-order valence-corrected chi connectivity index (χ2v) is 5.53. The zero-order valence-corrected chi connectivity index (χ0v) is 11.0. The molecule has 1 aromatic rings. The highest BCUT2D eigenvalue weighted by atomic mass is 16.5. The molecular weight excluding hydrogens is 214 g/mol. The summed E-state index contributed by atoms with van der Waals surface area (Å²) in [6.07, 6.45) is 1.09. The highest BCUT2D eigenvalue weighted by Crippen LogP contribution is 2.31. The minimum atomic E-state index is 0.216. The lowest BCUT2D eigenvalue weighted by atomic mass is 9.85. The number of hydrogen-bond acceptors (Lipinski definition) is 4. The number of pyridine rings is 1. The maximum atomic E-state index is 5.16. The van der Waals surface area contributed by atoms with E-state index in [2.05, 4.69) is 36.4 Å². The lowest BCUT2D eigenvalue weighted by Crippen LogP contribution is -2.34. The molecule has 1 aliphatic rings. The summed E-state index contributed by atoms with van der Waals surface area (Å²) in [5, 5.41) is 6.92. The van der Waals surface area contributed by atoms with E-state index in [1.165, 1.54) is 0 Å². The number of methoxy groups -OCH3 is 1. The van der Waals surface area contributed by atoms with Crippen molar-refractivity contribution in [3.8, 4) is 5.88 Å². The molecule has 0 spiro atoms. The predicted molar refractivity (Wildman–Crippen MR) is 70.8 cm³/mol. The molecule has 0 aliphatic carbocycles. The Morgan fingerprint density at radius 2 is 2.12 bits per heavy atom. The molecule has 1 atom stereocenters. The van der Waals surface area contributed by atoms with Gasteiger partial charge in [0.1, 0.15) is 0 Å². The Hall–Kier alpha value is -1.45. The van der Waals surface area contributed by atoms with E-state index in [0.717, 1.165) is 24.5 Å². The Balaban J connectivity index is 2.29. The van der Waals surface area contributed by atoms with Crippen molar-refractivity contribution in [2.75, 3.05) is 24.3 Å². The van der Waals surface area contributed by atoms with E-state index in [4.69, 9.17) is 4.74 Å². The van der Waals surface area contributed by atoms with Crippen LogP contribution in [0.5, 0.6) is 5.88 Å². The smallest absolute Gasteiger partial charge is 0.215 e. The molecule has 2 N–H and O–H groups in total. The first-order chi connectivity index (χ1) is 8.00. The van der Waals surface area contributed by atoms with Crippen LogP contribution in [0.25, 0.3) is 0 Å². The third-order valence-electron chi connectivity index (χ3n) is 3.18. The number of anilines is 2. The molecule has 4 nitrogen and oxygen atoms in total. The Morgan fingerprint density at radius 1 is 1.35 bits per heavy atom. The summed E-state index contributed by atoms with van der Waals surface area (Å²) in [6, 6.07) is 4.31. The van der Waals surface area contributed by atoms with Crippen LogP contribution in [0.1, 0.15) is 27.2 Å². The van der Waals surface area contributed by atoms with Gasteiger partial charge in [0.2, 0.25) is 5.88 Å². The van der Waals surface area contributed by atoms with Crippen molar-refractivity contribution in [3.63, 3.8) is 0 Å². The van der Waals surface area contributed by atoms with Crippen LogP contribution >= 0.6 is 0 Å². The third-order valence-corrected chi connectivity index (χ3v) is 3.18. The van der Waals surface area contributed by atoms with Gasteiger partial charge in [-0.15, -0.1) is 0 Å². The fourth-order valence-corrected chi connectivity index (χ4v) is 2.05. The molecule has 0 aromatic carbocycles. The van der Waals surface area contributed by atoms with Gasteiger partial charge < -0.3 is 15.4 Å². The fourth-order valence-electron chi connectivity index (χ4n) is 2.05. The Morgan fingerprint density at radius 3 is 2.76 bits per heavy atom. The van der Waals surface area contributed by atoms with E-state index in [9.17, 15) is 0 Å². The van der Waals surface area contributed by atoms with Gasteiger partial charge in [-0.25, -0.2) is 0 Å². The maximum absolute atomic E-state index is 5.16. The molecule has 0 amide bonds. The van der Waals surface area contributed by atoms with Gasteiger partial charge in [-0.3, -0.25) is 0 Å².